The van der Waals surface area contributed by atoms with Gasteiger partial charge in [-0.1, -0.05) is 37.3 Å². The summed E-state index contributed by atoms with van der Waals surface area (Å²) in [6.07, 6.45) is 3.17. The highest BCUT2D eigenvalue weighted by molar-refractivity contribution is 5.23. The van der Waals surface area contributed by atoms with Crippen LogP contribution in [0.15, 0.2) is 36.9 Å². The molecule has 0 spiro atoms. The van der Waals surface area contributed by atoms with E-state index in [2.05, 4.69) is 68.8 Å². The molecule has 0 aliphatic carbocycles. The Kier molecular flexibility index (Phi) is 6.97. The highest BCUT2D eigenvalue weighted by atomic mass is 15.1. The standard InChI is InChI=1S/C18H30N2/c1-6-11-20(12-7-2)15-17-10-8-9-16(13-17)14-19-18(3,4)5/h6,8-10,13,19H,1,7,11-12,14-15H2,2-5H3. The quantitative estimate of drug-likeness (QED) is 0.722. The fraction of sp³-hybridized carbons (Fsp3) is 0.556. The predicted octanol–water partition coefficient (Wildman–Crippen LogP) is 3.97. The third-order valence-corrected chi connectivity index (χ3v) is 3.15. The molecule has 1 rings (SSSR count). The first-order chi connectivity index (χ1) is 9.44. The van der Waals surface area contributed by atoms with Crippen LogP contribution in [0.1, 0.15) is 45.2 Å². The van der Waals surface area contributed by atoms with Gasteiger partial charge in [-0.25, -0.2) is 0 Å². The zero-order chi connectivity index (χ0) is 15.0. The second-order valence-corrected chi connectivity index (χ2v) is 6.45. The molecule has 0 bridgehead atoms. The normalized spacial score (nSPS) is 11.8. The van der Waals surface area contributed by atoms with Crippen molar-refractivity contribution in [2.45, 2.75) is 52.7 Å². The van der Waals surface area contributed by atoms with Crippen LogP contribution in [0.2, 0.25) is 0 Å². The van der Waals surface area contributed by atoms with Crippen LogP contribution in [0, 0.1) is 0 Å². The summed E-state index contributed by atoms with van der Waals surface area (Å²) >= 11 is 0. The molecule has 112 valence electrons. The molecule has 20 heavy (non-hydrogen) atoms. The van der Waals surface area contributed by atoms with Crippen LogP contribution in [0.5, 0.6) is 0 Å². The van der Waals surface area contributed by atoms with Crippen molar-refractivity contribution in [3.8, 4) is 0 Å². The number of rotatable bonds is 8. The van der Waals surface area contributed by atoms with Crippen LogP contribution >= 0.6 is 0 Å². The van der Waals surface area contributed by atoms with Gasteiger partial charge in [-0.15, -0.1) is 6.58 Å². The summed E-state index contributed by atoms with van der Waals surface area (Å²) in [4.78, 5) is 2.43. The largest absolute Gasteiger partial charge is 0.308 e. The summed E-state index contributed by atoms with van der Waals surface area (Å²) in [7, 11) is 0. The molecule has 0 amide bonds. The summed E-state index contributed by atoms with van der Waals surface area (Å²) < 4.78 is 0. The van der Waals surface area contributed by atoms with Crippen molar-refractivity contribution in [3.63, 3.8) is 0 Å². The second-order valence-electron chi connectivity index (χ2n) is 6.45. The molecule has 1 aromatic carbocycles. The van der Waals surface area contributed by atoms with E-state index in [4.69, 9.17) is 0 Å². The van der Waals surface area contributed by atoms with Crippen LogP contribution in [-0.2, 0) is 13.1 Å². The Hall–Kier alpha value is -1.12. The number of hydrogen-bond donors (Lipinski definition) is 1. The number of benzene rings is 1. The molecule has 0 radical (unpaired) electrons. The third-order valence-electron chi connectivity index (χ3n) is 3.15. The van der Waals surface area contributed by atoms with Gasteiger partial charge in [0.15, 0.2) is 0 Å². The topological polar surface area (TPSA) is 15.3 Å². The molecule has 0 atom stereocenters. The lowest BCUT2D eigenvalue weighted by Gasteiger charge is -2.22. The van der Waals surface area contributed by atoms with E-state index in [-0.39, 0.29) is 5.54 Å². The van der Waals surface area contributed by atoms with Gasteiger partial charge >= 0.3 is 0 Å². The Morgan fingerprint density at radius 1 is 1.25 bits per heavy atom. The van der Waals surface area contributed by atoms with E-state index in [0.717, 1.165) is 26.2 Å². The van der Waals surface area contributed by atoms with Gasteiger partial charge in [-0.2, -0.15) is 0 Å². The van der Waals surface area contributed by atoms with E-state index in [9.17, 15) is 0 Å². The van der Waals surface area contributed by atoms with Gasteiger partial charge in [-0.3, -0.25) is 4.90 Å². The maximum Gasteiger partial charge on any atom is 0.0237 e. The maximum absolute atomic E-state index is 3.85. The smallest absolute Gasteiger partial charge is 0.0237 e. The maximum atomic E-state index is 3.85. The van der Waals surface area contributed by atoms with E-state index < -0.39 is 0 Å². The van der Waals surface area contributed by atoms with Gasteiger partial charge in [-0.05, 0) is 44.9 Å². The molecule has 0 saturated carbocycles. The lowest BCUT2D eigenvalue weighted by Crippen LogP contribution is -2.35. The minimum Gasteiger partial charge on any atom is -0.308 e. The molecular formula is C18H30N2. The first kappa shape index (κ1) is 16.9. The van der Waals surface area contributed by atoms with Gasteiger partial charge in [0.05, 0.1) is 0 Å². The molecule has 1 N–H and O–H groups in total. The summed E-state index contributed by atoms with van der Waals surface area (Å²) in [6.45, 7) is 16.7. The molecule has 2 heteroatoms. The van der Waals surface area contributed by atoms with Crippen molar-refractivity contribution in [2.75, 3.05) is 13.1 Å². The number of nitrogens with one attached hydrogen (secondary N) is 1. The Labute approximate surface area is 124 Å². The Balaban J connectivity index is 2.64. The molecule has 0 fully saturated rings. The zero-order valence-corrected chi connectivity index (χ0v) is 13.6. The van der Waals surface area contributed by atoms with E-state index in [1.165, 1.54) is 17.5 Å². The van der Waals surface area contributed by atoms with Gasteiger partial charge in [0.25, 0.3) is 0 Å². The van der Waals surface area contributed by atoms with Crippen molar-refractivity contribution in [3.05, 3.63) is 48.0 Å². The molecule has 0 heterocycles. The number of nitrogens with zero attached hydrogens (tertiary/aromatic N) is 1. The monoisotopic (exact) mass is 274 g/mol. The van der Waals surface area contributed by atoms with Crippen molar-refractivity contribution in [1.29, 1.82) is 0 Å². The first-order valence-electron chi connectivity index (χ1n) is 7.60. The summed E-state index contributed by atoms with van der Waals surface area (Å²) in [5.41, 5.74) is 2.90. The Morgan fingerprint density at radius 2 is 1.95 bits per heavy atom. The van der Waals surface area contributed by atoms with Crippen molar-refractivity contribution >= 4 is 0 Å². The molecular weight excluding hydrogens is 244 g/mol. The predicted molar refractivity (Wildman–Crippen MR) is 88.8 cm³/mol. The van der Waals surface area contributed by atoms with Gasteiger partial charge in [0.2, 0.25) is 0 Å². The lowest BCUT2D eigenvalue weighted by molar-refractivity contribution is 0.295. The fourth-order valence-corrected chi connectivity index (χ4v) is 2.20. The highest BCUT2D eigenvalue weighted by Crippen LogP contribution is 2.10. The van der Waals surface area contributed by atoms with E-state index in [1.54, 1.807) is 0 Å². The zero-order valence-electron chi connectivity index (χ0n) is 13.6. The van der Waals surface area contributed by atoms with Crippen molar-refractivity contribution in [1.82, 2.24) is 10.2 Å². The van der Waals surface area contributed by atoms with Crippen LogP contribution in [0.4, 0.5) is 0 Å². The fourth-order valence-electron chi connectivity index (χ4n) is 2.20. The molecule has 0 aromatic heterocycles. The average molecular weight is 274 g/mol. The van der Waals surface area contributed by atoms with Crippen LogP contribution < -0.4 is 5.32 Å². The Bertz CT molecular complexity index is 404. The first-order valence-corrected chi connectivity index (χ1v) is 7.60. The molecule has 0 aliphatic rings. The summed E-state index contributed by atoms with van der Waals surface area (Å²) in [6, 6.07) is 8.88. The van der Waals surface area contributed by atoms with Crippen LogP contribution in [0.3, 0.4) is 0 Å². The van der Waals surface area contributed by atoms with Gasteiger partial charge in [0.1, 0.15) is 0 Å². The molecule has 2 nitrogen and oxygen atoms in total. The Morgan fingerprint density at radius 3 is 2.55 bits per heavy atom. The van der Waals surface area contributed by atoms with E-state index in [0.29, 0.717) is 0 Å². The average Bonchev–Trinajstić information content (AvgIpc) is 2.37. The van der Waals surface area contributed by atoms with Gasteiger partial charge < -0.3 is 5.32 Å². The molecule has 0 aliphatic heterocycles. The molecule has 0 saturated heterocycles. The van der Waals surface area contributed by atoms with E-state index >= 15 is 0 Å². The van der Waals surface area contributed by atoms with E-state index in [1.807, 2.05) is 6.08 Å². The molecule has 0 unspecified atom stereocenters. The number of hydrogen-bond acceptors (Lipinski definition) is 2. The second kappa shape index (κ2) is 8.23. The summed E-state index contributed by atoms with van der Waals surface area (Å²) in [5, 5.41) is 3.54. The lowest BCUT2D eigenvalue weighted by atomic mass is 10.1. The third kappa shape index (κ3) is 6.88. The van der Waals surface area contributed by atoms with Crippen LogP contribution in [0.25, 0.3) is 0 Å². The van der Waals surface area contributed by atoms with Gasteiger partial charge in [0, 0.05) is 25.2 Å². The van der Waals surface area contributed by atoms with Crippen molar-refractivity contribution in [2.24, 2.45) is 0 Å². The summed E-state index contributed by atoms with van der Waals surface area (Å²) in [5.74, 6) is 0. The van der Waals surface area contributed by atoms with Crippen molar-refractivity contribution < 1.29 is 0 Å². The van der Waals surface area contributed by atoms with Crippen LogP contribution in [-0.4, -0.2) is 23.5 Å². The minimum absolute atomic E-state index is 0.160. The minimum atomic E-state index is 0.160. The highest BCUT2D eigenvalue weighted by Gasteiger charge is 2.09. The molecule has 1 aromatic rings. The SMILES string of the molecule is C=CCN(CCC)Cc1cccc(CNC(C)(C)C)c1.